The Kier molecular flexibility index (Phi) is 14.2. The number of alkyl halides is 1. The zero-order chi connectivity index (χ0) is 18.4. The van der Waals surface area contributed by atoms with Gasteiger partial charge in [0.25, 0.3) is 0 Å². The van der Waals surface area contributed by atoms with Crippen molar-refractivity contribution in [3.05, 3.63) is 35.9 Å². The van der Waals surface area contributed by atoms with Crippen LogP contribution in [-0.4, -0.2) is 27.0 Å². The van der Waals surface area contributed by atoms with E-state index in [4.69, 9.17) is 0 Å². The number of hydrogen-bond donors (Lipinski definition) is 0. The molecular formula is C22H39BrSSn. The molecule has 0 bridgehead atoms. The Bertz CT molecular complexity index is 402. The van der Waals surface area contributed by atoms with Crippen LogP contribution >= 0.6 is 27.7 Å². The van der Waals surface area contributed by atoms with Crippen LogP contribution in [0.2, 0.25) is 13.3 Å². The Hall–Kier alpha value is 0.849. The number of hydrogen-bond acceptors (Lipinski definition) is 1. The van der Waals surface area contributed by atoms with Gasteiger partial charge in [0.05, 0.1) is 0 Å². The first-order valence-electron chi connectivity index (χ1n) is 10.4. The molecule has 1 unspecified atom stereocenters. The average molecular weight is 534 g/mol. The van der Waals surface area contributed by atoms with Crippen molar-refractivity contribution >= 4 is 46.1 Å². The molecule has 0 aliphatic carbocycles. The number of halogens is 1. The maximum absolute atomic E-state index is 4.26. The Balaban J connectivity index is 2.57. The summed E-state index contributed by atoms with van der Waals surface area (Å²) in [5, 5.41) is 0. The van der Waals surface area contributed by atoms with E-state index in [9.17, 15) is 0 Å². The molecule has 1 rings (SSSR count). The summed E-state index contributed by atoms with van der Waals surface area (Å²) >= 11 is 4.32. The summed E-state index contributed by atoms with van der Waals surface area (Å²) in [5.74, 6) is 2.48. The van der Waals surface area contributed by atoms with Crippen LogP contribution in [0, 0.1) is 0 Å². The predicted molar refractivity (Wildman–Crippen MR) is 125 cm³/mol. The molecule has 0 spiro atoms. The summed E-state index contributed by atoms with van der Waals surface area (Å²) in [7, 11) is 0. The van der Waals surface area contributed by atoms with Crippen molar-refractivity contribution in [2.75, 3.05) is 5.75 Å². The molecule has 0 nitrogen and oxygen atoms in total. The normalized spacial score (nSPS) is 13.1. The van der Waals surface area contributed by atoms with E-state index >= 15 is 0 Å². The van der Waals surface area contributed by atoms with E-state index in [1.165, 1.54) is 62.0 Å². The molecule has 1 atom stereocenters. The van der Waals surface area contributed by atoms with Gasteiger partial charge in [-0.15, -0.1) is 0 Å². The van der Waals surface area contributed by atoms with Gasteiger partial charge in [-0.05, 0) is 0 Å². The van der Waals surface area contributed by atoms with Crippen LogP contribution < -0.4 is 0 Å². The van der Waals surface area contributed by atoms with Gasteiger partial charge in [0.2, 0.25) is 0 Å². The molecule has 0 amide bonds. The van der Waals surface area contributed by atoms with Crippen molar-refractivity contribution in [3.63, 3.8) is 0 Å². The first kappa shape index (κ1) is 23.9. The third-order valence-corrected chi connectivity index (χ3v) is 29.6. The van der Waals surface area contributed by atoms with Crippen molar-refractivity contribution < 1.29 is 0 Å². The fourth-order valence-electron chi connectivity index (χ4n) is 3.69. The molecule has 1 aromatic rings. The third-order valence-electron chi connectivity index (χ3n) is 5.38. The zero-order valence-corrected chi connectivity index (χ0v) is 22.0. The number of benzene rings is 1. The molecule has 25 heavy (non-hydrogen) atoms. The van der Waals surface area contributed by atoms with Gasteiger partial charge in [0, 0.05) is 0 Å². The van der Waals surface area contributed by atoms with Gasteiger partial charge < -0.3 is 0 Å². The van der Waals surface area contributed by atoms with Crippen LogP contribution in [0.1, 0.15) is 71.3 Å². The summed E-state index contributed by atoms with van der Waals surface area (Å²) in [6, 6.07) is 10.9. The Labute approximate surface area is 174 Å². The molecule has 0 N–H and O–H groups in total. The SMILES string of the molecule is CCC[CH2][Sn]([CH2]CCC)([CH2]CCC)[CH](Br)CCSCc1ccccc1. The quantitative estimate of drug-likeness (QED) is 0.124. The molecule has 0 radical (unpaired) electrons. The summed E-state index contributed by atoms with van der Waals surface area (Å²) in [6.07, 6.45) is 9.94. The molecule has 0 heterocycles. The Morgan fingerprint density at radius 2 is 1.40 bits per heavy atom. The van der Waals surface area contributed by atoms with Crippen LogP contribution in [-0.2, 0) is 5.75 Å². The van der Waals surface area contributed by atoms with Gasteiger partial charge in [-0.1, -0.05) is 0 Å². The first-order valence-corrected chi connectivity index (χ1v) is 20.2. The Morgan fingerprint density at radius 1 is 0.880 bits per heavy atom. The minimum absolute atomic E-state index is 0.884. The molecule has 0 aliphatic heterocycles. The van der Waals surface area contributed by atoms with E-state index < -0.39 is 18.4 Å². The number of thioether (sulfide) groups is 1. The fourth-order valence-corrected chi connectivity index (χ4v) is 26.4. The van der Waals surface area contributed by atoms with Gasteiger partial charge in [-0.25, -0.2) is 0 Å². The minimum atomic E-state index is -2.06. The fraction of sp³-hybridized carbons (Fsp3) is 0.727. The molecule has 144 valence electrons. The molecule has 0 fully saturated rings. The van der Waals surface area contributed by atoms with Crippen molar-refractivity contribution in [3.8, 4) is 0 Å². The van der Waals surface area contributed by atoms with Gasteiger partial charge in [0.1, 0.15) is 0 Å². The maximum atomic E-state index is 4.26. The van der Waals surface area contributed by atoms with Crippen LogP contribution in [0.5, 0.6) is 0 Å². The standard InChI is InChI=1S/C10H12BrS.3C4H9.Sn/c11-7-4-8-12-9-10-5-2-1-3-6-10;3*1-3-4-2;/h1-3,5-7H,4,8-9H2;3*1,3-4H2,2H3;. The van der Waals surface area contributed by atoms with Crippen LogP contribution in [0.15, 0.2) is 30.3 Å². The van der Waals surface area contributed by atoms with Crippen molar-refractivity contribution in [2.45, 2.75) is 87.6 Å². The molecule has 0 saturated carbocycles. The monoisotopic (exact) mass is 534 g/mol. The van der Waals surface area contributed by atoms with E-state index in [0.29, 0.717) is 0 Å². The van der Waals surface area contributed by atoms with Crippen molar-refractivity contribution in [1.82, 2.24) is 0 Å². The van der Waals surface area contributed by atoms with Crippen LogP contribution in [0.3, 0.4) is 0 Å². The second-order valence-electron chi connectivity index (χ2n) is 7.47. The van der Waals surface area contributed by atoms with Gasteiger partial charge in [-0.3, -0.25) is 0 Å². The van der Waals surface area contributed by atoms with E-state index in [-0.39, 0.29) is 0 Å². The van der Waals surface area contributed by atoms with Gasteiger partial charge >= 0.3 is 175 Å². The molecule has 0 saturated heterocycles. The van der Waals surface area contributed by atoms with Gasteiger partial charge in [-0.2, -0.15) is 0 Å². The summed E-state index contributed by atoms with van der Waals surface area (Å²) < 4.78 is 5.73. The topological polar surface area (TPSA) is 0 Å². The number of rotatable bonds is 15. The van der Waals surface area contributed by atoms with Crippen LogP contribution in [0.25, 0.3) is 0 Å². The molecule has 1 aromatic carbocycles. The second-order valence-corrected chi connectivity index (χ2v) is 26.1. The molecular weight excluding hydrogens is 495 g/mol. The summed E-state index contributed by atoms with van der Waals surface area (Å²) in [4.78, 5) is 0. The third kappa shape index (κ3) is 9.55. The van der Waals surface area contributed by atoms with Crippen molar-refractivity contribution in [2.24, 2.45) is 0 Å². The van der Waals surface area contributed by atoms with E-state index in [0.717, 1.165) is 2.84 Å². The molecule has 0 aromatic heterocycles. The molecule has 0 aliphatic rings. The summed E-state index contributed by atoms with van der Waals surface area (Å²) in [5.41, 5.74) is 1.47. The van der Waals surface area contributed by atoms with E-state index in [1.807, 2.05) is 0 Å². The zero-order valence-electron chi connectivity index (χ0n) is 16.7. The predicted octanol–water partition coefficient (Wildman–Crippen LogP) is 8.46. The molecule has 3 heteroatoms. The van der Waals surface area contributed by atoms with E-state index in [2.05, 4.69) is 78.8 Å². The van der Waals surface area contributed by atoms with Crippen LogP contribution in [0.4, 0.5) is 0 Å². The second kappa shape index (κ2) is 14.9. The number of unbranched alkanes of at least 4 members (excludes halogenated alkanes) is 3. The average Bonchev–Trinajstić information content (AvgIpc) is 2.65. The Morgan fingerprint density at radius 3 is 1.88 bits per heavy atom. The van der Waals surface area contributed by atoms with E-state index in [1.54, 1.807) is 13.3 Å². The van der Waals surface area contributed by atoms with Gasteiger partial charge in [0.15, 0.2) is 0 Å². The first-order chi connectivity index (χ1) is 12.2. The van der Waals surface area contributed by atoms with Crippen molar-refractivity contribution in [1.29, 1.82) is 0 Å². The summed E-state index contributed by atoms with van der Waals surface area (Å²) in [6.45, 7) is 7.11.